The van der Waals surface area contributed by atoms with E-state index >= 15 is 0 Å². The van der Waals surface area contributed by atoms with Crippen molar-refractivity contribution in [3.05, 3.63) is 0 Å². The Balaban J connectivity index is 3.85. The van der Waals surface area contributed by atoms with Crippen molar-refractivity contribution in [3.8, 4) is 0 Å². The van der Waals surface area contributed by atoms with Crippen molar-refractivity contribution in [1.82, 2.24) is 19.6 Å². The molecule has 0 saturated heterocycles. The van der Waals surface area contributed by atoms with Crippen molar-refractivity contribution in [3.63, 3.8) is 0 Å². The maximum atomic E-state index is 11.8. The molecule has 0 aliphatic heterocycles. The van der Waals surface area contributed by atoms with Gasteiger partial charge in [-0.3, -0.25) is 0 Å². The highest BCUT2D eigenvalue weighted by Crippen LogP contribution is 1.95. The summed E-state index contributed by atoms with van der Waals surface area (Å²) in [6.45, 7) is 4.63. The zero-order valence-corrected chi connectivity index (χ0v) is 14.4. The number of ether oxygens (including phenoxy) is 1. The number of carbonyl (C=O) groups is 2. The van der Waals surface area contributed by atoms with Crippen molar-refractivity contribution in [2.45, 2.75) is 6.92 Å². The highest BCUT2D eigenvalue weighted by molar-refractivity contribution is 5.74. The second kappa shape index (κ2) is 11.1. The standard InChI is InChI=1S/C14H30N4O4/c1-6-15(2)13(20)17(4)8-11-22-12-9-18(5)14(21)16(3)7-10-19/h19H,6-12H2,1-5H3. The third-order valence-corrected chi connectivity index (χ3v) is 3.36. The van der Waals surface area contributed by atoms with Crippen LogP contribution in [0.15, 0.2) is 0 Å². The first-order valence-corrected chi connectivity index (χ1v) is 7.46. The molecule has 0 fully saturated rings. The molecule has 0 rings (SSSR count). The van der Waals surface area contributed by atoms with E-state index < -0.39 is 0 Å². The van der Waals surface area contributed by atoms with Crippen molar-refractivity contribution in [1.29, 1.82) is 0 Å². The van der Waals surface area contributed by atoms with Crippen LogP contribution in [0.5, 0.6) is 0 Å². The minimum atomic E-state index is -0.158. The average molecular weight is 318 g/mol. The van der Waals surface area contributed by atoms with Gasteiger partial charge < -0.3 is 29.4 Å². The molecule has 8 nitrogen and oxygen atoms in total. The van der Waals surface area contributed by atoms with Crippen molar-refractivity contribution >= 4 is 12.1 Å². The van der Waals surface area contributed by atoms with Gasteiger partial charge in [-0.15, -0.1) is 0 Å². The van der Waals surface area contributed by atoms with Crippen LogP contribution in [-0.4, -0.2) is 111 Å². The van der Waals surface area contributed by atoms with Crippen molar-refractivity contribution in [2.75, 3.05) is 74.2 Å². The molecule has 0 aromatic heterocycles. The number of nitrogens with zero attached hydrogens (tertiary/aromatic N) is 4. The van der Waals surface area contributed by atoms with Crippen LogP contribution >= 0.6 is 0 Å². The number of hydrogen-bond donors (Lipinski definition) is 1. The van der Waals surface area contributed by atoms with Gasteiger partial charge in [-0.05, 0) is 6.92 Å². The third kappa shape index (κ3) is 7.46. The zero-order chi connectivity index (χ0) is 17.1. The quantitative estimate of drug-likeness (QED) is 0.606. The summed E-state index contributed by atoms with van der Waals surface area (Å²) in [4.78, 5) is 29.8. The van der Waals surface area contributed by atoms with Crippen LogP contribution in [0, 0.1) is 0 Å². The van der Waals surface area contributed by atoms with Gasteiger partial charge in [0.15, 0.2) is 0 Å². The summed E-state index contributed by atoms with van der Waals surface area (Å²) in [6.07, 6.45) is 0. The molecule has 130 valence electrons. The Hall–Kier alpha value is -1.54. The van der Waals surface area contributed by atoms with Gasteiger partial charge in [0.1, 0.15) is 0 Å². The van der Waals surface area contributed by atoms with Crippen LogP contribution in [-0.2, 0) is 4.74 Å². The molecule has 0 saturated carbocycles. The fraction of sp³-hybridized carbons (Fsp3) is 0.857. The second-order valence-corrected chi connectivity index (χ2v) is 5.18. The lowest BCUT2D eigenvalue weighted by atomic mass is 10.5. The Morgan fingerprint density at radius 1 is 0.818 bits per heavy atom. The first-order chi connectivity index (χ1) is 10.3. The topological polar surface area (TPSA) is 76.6 Å². The fourth-order valence-electron chi connectivity index (χ4n) is 1.66. The van der Waals surface area contributed by atoms with Crippen LogP contribution in [0.1, 0.15) is 6.92 Å². The first-order valence-electron chi connectivity index (χ1n) is 7.46. The van der Waals surface area contributed by atoms with E-state index in [-0.39, 0.29) is 18.7 Å². The minimum Gasteiger partial charge on any atom is -0.395 e. The van der Waals surface area contributed by atoms with Crippen LogP contribution in [0.25, 0.3) is 0 Å². The number of amides is 4. The van der Waals surface area contributed by atoms with Gasteiger partial charge in [-0.25, -0.2) is 9.59 Å². The van der Waals surface area contributed by atoms with E-state index in [4.69, 9.17) is 9.84 Å². The predicted octanol–water partition coefficient (Wildman–Crippen LogP) is -0.0176. The fourth-order valence-corrected chi connectivity index (χ4v) is 1.66. The summed E-state index contributed by atoms with van der Waals surface area (Å²) < 4.78 is 5.45. The molecular formula is C14H30N4O4. The van der Waals surface area contributed by atoms with Crippen LogP contribution in [0.4, 0.5) is 9.59 Å². The van der Waals surface area contributed by atoms with Crippen molar-refractivity contribution in [2.24, 2.45) is 0 Å². The Kier molecular flexibility index (Phi) is 10.3. The third-order valence-electron chi connectivity index (χ3n) is 3.36. The summed E-state index contributed by atoms with van der Waals surface area (Å²) in [5.41, 5.74) is 0. The molecule has 8 heteroatoms. The molecule has 0 aliphatic rings. The summed E-state index contributed by atoms with van der Waals surface area (Å²) >= 11 is 0. The van der Waals surface area contributed by atoms with Crippen LogP contribution in [0.3, 0.4) is 0 Å². The van der Waals surface area contributed by atoms with Gasteiger partial charge in [-0.2, -0.15) is 0 Å². The summed E-state index contributed by atoms with van der Waals surface area (Å²) in [6, 6.07) is -0.196. The van der Waals surface area contributed by atoms with Gasteiger partial charge in [0.05, 0.1) is 19.8 Å². The Morgan fingerprint density at radius 3 is 1.64 bits per heavy atom. The summed E-state index contributed by atoms with van der Waals surface area (Å²) in [5.74, 6) is 0. The Bertz CT molecular complexity index is 341. The Labute approximate surface area is 133 Å². The number of hydrogen-bond acceptors (Lipinski definition) is 4. The molecule has 1 N–H and O–H groups in total. The molecule has 0 atom stereocenters. The number of rotatable bonds is 9. The molecule has 0 unspecified atom stereocenters. The summed E-state index contributed by atoms with van der Waals surface area (Å²) in [7, 11) is 6.81. The lowest BCUT2D eigenvalue weighted by Gasteiger charge is -2.25. The van der Waals surface area contributed by atoms with Gasteiger partial charge in [-0.1, -0.05) is 0 Å². The predicted molar refractivity (Wildman–Crippen MR) is 84.9 cm³/mol. The van der Waals surface area contributed by atoms with Gasteiger partial charge in [0, 0.05) is 54.4 Å². The first kappa shape index (κ1) is 20.5. The Morgan fingerprint density at radius 2 is 1.23 bits per heavy atom. The molecule has 4 amide bonds. The van der Waals surface area contributed by atoms with Crippen molar-refractivity contribution < 1.29 is 19.4 Å². The highest BCUT2D eigenvalue weighted by Gasteiger charge is 2.14. The molecule has 0 bridgehead atoms. The number of urea groups is 2. The number of carbonyl (C=O) groups excluding carboxylic acids is 2. The molecule has 0 radical (unpaired) electrons. The molecule has 0 spiro atoms. The van der Waals surface area contributed by atoms with Gasteiger partial charge >= 0.3 is 12.1 Å². The van der Waals surface area contributed by atoms with Crippen LogP contribution in [0.2, 0.25) is 0 Å². The molecule has 0 aliphatic carbocycles. The van der Waals surface area contributed by atoms with E-state index in [0.717, 1.165) is 0 Å². The van der Waals surface area contributed by atoms with E-state index in [1.54, 1.807) is 38.0 Å². The lowest BCUT2D eigenvalue weighted by molar-refractivity contribution is 0.0924. The highest BCUT2D eigenvalue weighted by atomic mass is 16.5. The van der Waals surface area contributed by atoms with E-state index in [0.29, 0.717) is 39.4 Å². The minimum absolute atomic E-state index is 0.0379. The number of aliphatic hydroxyl groups is 1. The van der Waals surface area contributed by atoms with E-state index in [2.05, 4.69) is 0 Å². The second-order valence-electron chi connectivity index (χ2n) is 5.18. The van der Waals surface area contributed by atoms with Crippen LogP contribution < -0.4 is 0 Å². The van der Waals surface area contributed by atoms with E-state index in [1.165, 1.54) is 9.80 Å². The molecule has 0 aromatic rings. The molecule has 0 heterocycles. The maximum Gasteiger partial charge on any atom is 0.319 e. The summed E-state index contributed by atoms with van der Waals surface area (Å²) in [5, 5.41) is 8.79. The molecule has 22 heavy (non-hydrogen) atoms. The number of aliphatic hydroxyl groups excluding tert-OH is 1. The monoisotopic (exact) mass is 318 g/mol. The maximum absolute atomic E-state index is 11.8. The normalized spacial score (nSPS) is 10.3. The SMILES string of the molecule is CCN(C)C(=O)N(C)CCOCCN(C)C(=O)N(C)CCO. The van der Waals surface area contributed by atoms with E-state index in [1.807, 2.05) is 6.92 Å². The lowest BCUT2D eigenvalue weighted by Crippen LogP contribution is -2.42. The van der Waals surface area contributed by atoms with Gasteiger partial charge in [0.2, 0.25) is 0 Å². The van der Waals surface area contributed by atoms with E-state index in [9.17, 15) is 9.59 Å². The smallest absolute Gasteiger partial charge is 0.319 e. The van der Waals surface area contributed by atoms with Gasteiger partial charge in [0.25, 0.3) is 0 Å². The molecular weight excluding hydrogens is 288 g/mol. The molecule has 0 aromatic carbocycles. The zero-order valence-electron chi connectivity index (χ0n) is 14.4. The number of likely N-dealkylation sites (N-methyl/N-ethyl adjacent to an activating group) is 3. The average Bonchev–Trinajstić information content (AvgIpc) is 2.51. The largest absolute Gasteiger partial charge is 0.395 e.